The molecule has 0 saturated carbocycles. The van der Waals surface area contributed by atoms with Gasteiger partial charge >= 0.3 is 5.97 Å². The van der Waals surface area contributed by atoms with E-state index in [0.29, 0.717) is 18.2 Å². The summed E-state index contributed by atoms with van der Waals surface area (Å²) >= 11 is 0. The Kier molecular flexibility index (Phi) is 4.95. The molecule has 0 aliphatic rings. The summed E-state index contributed by atoms with van der Waals surface area (Å²) in [5.41, 5.74) is 1.41. The molecule has 0 aliphatic heterocycles. The largest absolute Gasteiger partial charge is 0.478 e. The van der Waals surface area contributed by atoms with Gasteiger partial charge in [0.2, 0.25) is 5.89 Å². The molecule has 1 unspecified atom stereocenters. The van der Waals surface area contributed by atoms with Gasteiger partial charge < -0.3 is 19.6 Å². The minimum atomic E-state index is -1.26. The lowest BCUT2D eigenvalue weighted by molar-refractivity contribution is -0.152. The van der Waals surface area contributed by atoms with Crippen LogP contribution in [0.3, 0.4) is 0 Å². The highest BCUT2D eigenvalue weighted by Gasteiger charge is 2.29. The second-order valence-electron chi connectivity index (χ2n) is 6.68. The Morgan fingerprint density at radius 2 is 1.92 bits per heavy atom. The van der Waals surface area contributed by atoms with Crippen LogP contribution in [0, 0.1) is 0 Å². The van der Waals surface area contributed by atoms with Crippen LogP contribution in [-0.2, 0) is 11.3 Å². The normalized spacial score (nSPS) is 12.9. The molecule has 3 aromatic rings. The third-order valence-electron chi connectivity index (χ3n) is 4.10. The highest BCUT2D eigenvalue weighted by Crippen LogP contribution is 2.21. The second-order valence-corrected chi connectivity index (χ2v) is 6.68. The van der Waals surface area contributed by atoms with E-state index in [1.54, 1.807) is 12.1 Å². The van der Waals surface area contributed by atoms with Crippen LogP contribution in [0.25, 0.3) is 11.1 Å². The van der Waals surface area contributed by atoms with E-state index in [-0.39, 0.29) is 6.04 Å². The molecule has 0 aliphatic carbocycles. The van der Waals surface area contributed by atoms with E-state index in [2.05, 4.69) is 10.3 Å². The van der Waals surface area contributed by atoms with E-state index in [1.807, 2.05) is 43.3 Å². The van der Waals surface area contributed by atoms with Crippen molar-refractivity contribution in [3.05, 3.63) is 60.0 Å². The van der Waals surface area contributed by atoms with Crippen molar-refractivity contribution >= 4 is 17.1 Å². The molecule has 0 radical (unpaired) electrons. The molecule has 0 amide bonds. The predicted molar refractivity (Wildman–Crippen MR) is 98.0 cm³/mol. The van der Waals surface area contributed by atoms with Crippen LogP contribution in [0.15, 0.2) is 52.9 Å². The molecule has 1 atom stereocenters. The fourth-order valence-electron chi connectivity index (χ4n) is 2.45. The summed E-state index contributed by atoms with van der Waals surface area (Å²) in [6.07, 6.45) is 0. The van der Waals surface area contributed by atoms with Gasteiger partial charge in [-0.1, -0.05) is 24.3 Å². The number of carboxylic acids is 1. The molecule has 136 valence electrons. The Morgan fingerprint density at radius 3 is 2.58 bits per heavy atom. The zero-order valence-electron chi connectivity index (χ0n) is 15.0. The molecule has 1 heterocycles. The maximum Gasteiger partial charge on any atom is 0.347 e. The average molecular weight is 354 g/mol. The Labute approximate surface area is 151 Å². The first kappa shape index (κ1) is 17.9. The van der Waals surface area contributed by atoms with Gasteiger partial charge in [0.05, 0.1) is 6.04 Å². The lowest BCUT2D eigenvalue weighted by atomic mass is 10.1. The molecule has 2 aromatic carbocycles. The monoisotopic (exact) mass is 354 g/mol. The Balaban J connectivity index is 1.60. The number of aliphatic carboxylic acids is 1. The first-order chi connectivity index (χ1) is 12.3. The first-order valence-corrected chi connectivity index (χ1v) is 8.45. The number of carboxylic acid groups (broad SMARTS) is 1. The fraction of sp³-hybridized carbons (Fsp3) is 0.300. The van der Waals surface area contributed by atoms with Gasteiger partial charge in [-0.25, -0.2) is 9.78 Å². The number of hydrogen-bond donors (Lipinski definition) is 2. The zero-order valence-corrected chi connectivity index (χ0v) is 15.0. The molecule has 6 heteroatoms. The van der Waals surface area contributed by atoms with Crippen molar-refractivity contribution in [3.63, 3.8) is 0 Å². The van der Waals surface area contributed by atoms with E-state index >= 15 is 0 Å². The van der Waals surface area contributed by atoms with Crippen LogP contribution < -0.4 is 10.1 Å². The Hall–Kier alpha value is -2.86. The highest BCUT2D eigenvalue weighted by atomic mass is 16.5. The molecule has 0 bridgehead atoms. The quantitative estimate of drug-likeness (QED) is 0.669. The number of nitrogens with one attached hydrogen (secondary N) is 1. The fourth-order valence-corrected chi connectivity index (χ4v) is 2.45. The molecule has 3 rings (SSSR count). The molecule has 0 fully saturated rings. The lowest BCUT2D eigenvalue weighted by Crippen LogP contribution is -2.37. The topological polar surface area (TPSA) is 84.6 Å². The lowest BCUT2D eigenvalue weighted by Gasteiger charge is -2.21. The van der Waals surface area contributed by atoms with Gasteiger partial charge in [-0.15, -0.1) is 0 Å². The number of benzene rings is 2. The first-order valence-electron chi connectivity index (χ1n) is 8.45. The van der Waals surface area contributed by atoms with Crippen molar-refractivity contribution in [1.82, 2.24) is 10.3 Å². The molecule has 1 aromatic heterocycles. The van der Waals surface area contributed by atoms with Crippen LogP contribution in [0.5, 0.6) is 5.75 Å². The summed E-state index contributed by atoms with van der Waals surface area (Å²) in [5.74, 6) is 0.165. The summed E-state index contributed by atoms with van der Waals surface area (Å²) in [6.45, 7) is 5.67. The molecule has 6 nitrogen and oxygen atoms in total. The standard InChI is InChI=1S/C20H22N2O4/c1-13(18-22-16-6-4-5-7-17(16)25-18)21-12-14-8-10-15(11-9-14)26-20(2,3)19(23)24/h4-11,13,21H,12H2,1-3H3,(H,23,24). The van der Waals surface area contributed by atoms with E-state index in [1.165, 1.54) is 13.8 Å². The predicted octanol–water partition coefficient (Wildman–Crippen LogP) is 3.92. The molecular formula is C20H22N2O4. The summed E-state index contributed by atoms with van der Waals surface area (Å²) in [6, 6.07) is 15.0. The summed E-state index contributed by atoms with van der Waals surface area (Å²) in [4.78, 5) is 15.6. The van der Waals surface area contributed by atoms with Gasteiger partial charge in [0.1, 0.15) is 11.3 Å². The minimum absolute atomic E-state index is 0.0377. The van der Waals surface area contributed by atoms with Crippen LogP contribution in [0.4, 0.5) is 0 Å². The van der Waals surface area contributed by atoms with Crippen LogP contribution >= 0.6 is 0 Å². The van der Waals surface area contributed by atoms with Crippen molar-refractivity contribution in [2.24, 2.45) is 0 Å². The van der Waals surface area contributed by atoms with E-state index in [4.69, 9.17) is 14.3 Å². The van der Waals surface area contributed by atoms with Gasteiger partial charge in [0.25, 0.3) is 0 Å². The van der Waals surface area contributed by atoms with Crippen molar-refractivity contribution in [1.29, 1.82) is 0 Å². The number of oxazole rings is 1. The highest BCUT2D eigenvalue weighted by molar-refractivity contribution is 5.76. The van der Waals surface area contributed by atoms with Gasteiger partial charge in [0, 0.05) is 6.54 Å². The van der Waals surface area contributed by atoms with Crippen LogP contribution in [0.2, 0.25) is 0 Å². The second kappa shape index (κ2) is 7.17. The van der Waals surface area contributed by atoms with Gasteiger partial charge in [0.15, 0.2) is 11.2 Å². The average Bonchev–Trinajstić information content (AvgIpc) is 3.04. The maximum atomic E-state index is 11.1. The third-order valence-corrected chi connectivity index (χ3v) is 4.10. The third kappa shape index (κ3) is 4.03. The number of hydrogen-bond acceptors (Lipinski definition) is 5. The molecule has 0 spiro atoms. The van der Waals surface area contributed by atoms with Crippen molar-refractivity contribution < 1.29 is 19.1 Å². The number of fused-ring (bicyclic) bond motifs is 1. The number of nitrogens with zero attached hydrogens (tertiary/aromatic N) is 1. The molecule has 0 saturated heterocycles. The molecule has 26 heavy (non-hydrogen) atoms. The van der Waals surface area contributed by atoms with Crippen LogP contribution in [-0.4, -0.2) is 21.7 Å². The summed E-state index contributed by atoms with van der Waals surface area (Å²) in [7, 11) is 0. The number of carbonyl (C=O) groups is 1. The van der Waals surface area contributed by atoms with Gasteiger partial charge in [-0.2, -0.15) is 0 Å². The van der Waals surface area contributed by atoms with Crippen molar-refractivity contribution in [2.75, 3.05) is 0 Å². The van der Waals surface area contributed by atoms with E-state index < -0.39 is 11.6 Å². The number of aromatic nitrogens is 1. The smallest absolute Gasteiger partial charge is 0.347 e. The molecular weight excluding hydrogens is 332 g/mol. The van der Waals surface area contributed by atoms with E-state index in [9.17, 15) is 4.79 Å². The van der Waals surface area contributed by atoms with Crippen LogP contribution in [0.1, 0.15) is 38.3 Å². The zero-order chi connectivity index (χ0) is 18.7. The Morgan fingerprint density at radius 1 is 1.23 bits per heavy atom. The Bertz CT molecular complexity index is 867. The van der Waals surface area contributed by atoms with Gasteiger partial charge in [-0.3, -0.25) is 0 Å². The SMILES string of the molecule is CC(NCc1ccc(OC(C)(C)C(=O)O)cc1)c1nc2ccccc2o1. The van der Waals surface area contributed by atoms with Crippen molar-refractivity contribution in [3.8, 4) is 5.75 Å². The number of para-hydroxylation sites is 2. The van der Waals surface area contributed by atoms with Gasteiger partial charge in [-0.05, 0) is 50.6 Å². The minimum Gasteiger partial charge on any atom is -0.478 e. The van der Waals surface area contributed by atoms with Crippen molar-refractivity contribution in [2.45, 2.75) is 39.0 Å². The molecule has 2 N–H and O–H groups in total. The maximum absolute atomic E-state index is 11.1. The number of rotatable bonds is 7. The summed E-state index contributed by atoms with van der Waals surface area (Å²) in [5, 5.41) is 12.5. The summed E-state index contributed by atoms with van der Waals surface area (Å²) < 4.78 is 11.3. The van der Waals surface area contributed by atoms with E-state index in [0.717, 1.165) is 16.7 Å². The number of ether oxygens (including phenoxy) is 1.